The van der Waals surface area contributed by atoms with Gasteiger partial charge in [0.05, 0.1) is 0 Å². The van der Waals surface area contributed by atoms with Crippen LogP contribution in [0.1, 0.15) is 5.56 Å². The smallest absolute Gasteiger partial charge is 0.0451 e. The fourth-order valence-electron chi connectivity index (χ4n) is 1.77. The first-order valence-electron chi connectivity index (χ1n) is 4.81. The van der Waals surface area contributed by atoms with Crippen LogP contribution in [-0.4, -0.2) is 23.3 Å². The van der Waals surface area contributed by atoms with E-state index < -0.39 is 0 Å². The van der Waals surface area contributed by atoms with E-state index in [4.69, 9.17) is 11.6 Å². The van der Waals surface area contributed by atoms with Crippen molar-refractivity contribution in [3.8, 4) is 0 Å². The van der Waals surface area contributed by atoms with Crippen molar-refractivity contribution in [3.05, 3.63) is 34.9 Å². The molecule has 0 radical (unpaired) electrons. The molecule has 1 heterocycles. The average Bonchev–Trinajstić information content (AvgIpc) is 2.13. The lowest BCUT2D eigenvalue weighted by molar-refractivity contribution is 0.108. The summed E-state index contributed by atoms with van der Waals surface area (Å²) in [5.41, 5.74) is 1.24. The molecule has 0 saturated carbocycles. The van der Waals surface area contributed by atoms with Crippen LogP contribution in [0.3, 0.4) is 0 Å². The van der Waals surface area contributed by atoms with Crippen molar-refractivity contribution in [1.82, 2.24) is 4.90 Å². The van der Waals surface area contributed by atoms with E-state index >= 15 is 0 Å². The van der Waals surface area contributed by atoms with Crippen molar-refractivity contribution >= 4 is 27.5 Å². The number of rotatable bonds is 3. The number of nitrogens with zero attached hydrogens (tertiary/aromatic N) is 1. The van der Waals surface area contributed by atoms with Crippen molar-refractivity contribution in [2.75, 3.05) is 18.4 Å². The molecule has 1 aromatic carbocycles. The summed E-state index contributed by atoms with van der Waals surface area (Å²) in [6.45, 7) is 3.37. The average molecular weight is 275 g/mol. The standard InChI is InChI=1S/C11H13BrClN/c12-5-9-6-14(7-9)8-10-3-1-2-4-11(10)13/h1-4,9H,5-8H2. The topological polar surface area (TPSA) is 3.24 Å². The summed E-state index contributed by atoms with van der Waals surface area (Å²) in [6, 6.07) is 8.08. The molecular weight excluding hydrogens is 261 g/mol. The Kier molecular flexibility index (Phi) is 3.47. The Hall–Kier alpha value is -0.0500. The second kappa shape index (κ2) is 4.65. The van der Waals surface area contributed by atoms with Crippen LogP contribution in [0, 0.1) is 5.92 Å². The van der Waals surface area contributed by atoms with Gasteiger partial charge in [-0.2, -0.15) is 0 Å². The third kappa shape index (κ3) is 2.30. The highest BCUT2D eigenvalue weighted by molar-refractivity contribution is 9.09. The van der Waals surface area contributed by atoms with Gasteiger partial charge in [0.25, 0.3) is 0 Å². The van der Waals surface area contributed by atoms with Crippen LogP contribution in [0.4, 0.5) is 0 Å². The first-order chi connectivity index (χ1) is 6.79. The summed E-state index contributed by atoms with van der Waals surface area (Å²) in [5.74, 6) is 0.831. The zero-order valence-electron chi connectivity index (χ0n) is 7.92. The van der Waals surface area contributed by atoms with Crippen molar-refractivity contribution in [1.29, 1.82) is 0 Å². The van der Waals surface area contributed by atoms with Gasteiger partial charge in [0, 0.05) is 30.0 Å². The van der Waals surface area contributed by atoms with Gasteiger partial charge in [-0.3, -0.25) is 4.90 Å². The van der Waals surface area contributed by atoms with E-state index in [2.05, 4.69) is 26.9 Å². The number of benzene rings is 1. The van der Waals surface area contributed by atoms with Gasteiger partial charge < -0.3 is 0 Å². The molecule has 0 aliphatic carbocycles. The quantitative estimate of drug-likeness (QED) is 0.765. The minimum Gasteiger partial charge on any atom is -0.298 e. The summed E-state index contributed by atoms with van der Waals surface area (Å²) >= 11 is 9.58. The van der Waals surface area contributed by atoms with Gasteiger partial charge in [0.2, 0.25) is 0 Å². The maximum Gasteiger partial charge on any atom is 0.0451 e. The Labute approximate surface area is 98.2 Å². The molecule has 0 spiro atoms. The molecule has 0 bridgehead atoms. The molecule has 14 heavy (non-hydrogen) atoms. The zero-order valence-corrected chi connectivity index (χ0v) is 10.3. The number of likely N-dealkylation sites (tertiary alicyclic amines) is 1. The number of hydrogen-bond donors (Lipinski definition) is 0. The molecular formula is C11H13BrClN. The normalized spacial score (nSPS) is 18.1. The molecule has 1 nitrogen and oxygen atoms in total. The zero-order chi connectivity index (χ0) is 9.97. The van der Waals surface area contributed by atoms with E-state index in [1.807, 2.05) is 18.2 Å². The lowest BCUT2D eigenvalue weighted by Gasteiger charge is -2.38. The van der Waals surface area contributed by atoms with E-state index in [1.54, 1.807) is 0 Å². The lowest BCUT2D eigenvalue weighted by Crippen LogP contribution is -2.46. The van der Waals surface area contributed by atoms with Crippen molar-refractivity contribution < 1.29 is 0 Å². The van der Waals surface area contributed by atoms with Gasteiger partial charge in [-0.25, -0.2) is 0 Å². The monoisotopic (exact) mass is 273 g/mol. The Bertz CT molecular complexity index is 310. The van der Waals surface area contributed by atoms with Crippen LogP contribution in [0.5, 0.6) is 0 Å². The van der Waals surface area contributed by atoms with Gasteiger partial charge in [-0.05, 0) is 17.5 Å². The first kappa shape index (κ1) is 10.5. The fraction of sp³-hybridized carbons (Fsp3) is 0.455. The minimum absolute atomic E-state index is 0.831. The van der Waals surface area contributed by atoms with Gasteiger partial charge >= 0.3 is 0 Å². The molecule has 0 aromatic heterocycles. The molecule has 0 atom stereocenters. The van der Waals surface area contributed by atoms with E-state index in [1.165, 1.54) is 18.7 Å². The van der Waals surface area contributed by atoms with Crippen LogP contribution in [0.15, 0.2) is 24.3 Å². The van der Waals surface area contributed by atoms with Crippen LogP contribution < -0.4 is 0 Å². The number of halogens is 2. The van der Waals surface area contributed by atoms with Crippen LogP contribution >= 0.6 is 27.5 Å². The molecule has 76 valence electrons. The molecule has 0 N–H and O–H groups in total. The first-order valence-corrected chi connectivity index (χ1v) is 6.31. The molecule has 2 rings (SSSR count). The molecule has 1 fully saturated rings. The Morgan fingerprint density at radius 2 is 2.07 bits per heavy atom. The second-order valence-electron chi connectivity index (χ2n) is 3.81. The maximum absolute atomic E-state index is 6.08. The Morgan fingerprint density at radius 3 is 2.71 bits per heavy atom. The third-order valence-corrected chi connectivity index (χ3v) is 3.89. The van der Waals surface area contributed by atoms with Gasteiger partial charge in [0.1, 0.15) is 0 Å². The lowest BCUT2D eigenvalue weighted by atomic mass is 10.0. The molecule has 0 unspecified atom stereocenters. The number of alkyl halides is 1. The summed E-state index contributed by atoms with van der Waals surface area (Å²) in [7, 11) is 0. The predicted octanol–water partition coefficient (Wildman–Crippen LogP) is 3.17. The SMILES string of the molecule is Clc1ccccc1CN1CC(CBr)C1. The van der Waals surface area contributed by atoms with E-state index in [9.17, 15) is 0 Å². The number of hydrogen-bond acceptors (Lipinski definition) is 1. The highest BCUT2D eigenvalue weighted by atomic mass is 79.9. The minimum atomic E-state index is 0.831. The largest absolute Gasteiger partial charge is 0.298 e. The van der Waals surface area contributed by atoms with Crippen molar-refractivity contribution in [2.45, 2.75) is 6.54 Å². The van der Waals surface area contributed by atoms with Crippen molar-refractivity contribution in [3.63, 3.8) is 0 Å². The third-order valence-electron chi connectivity index (χ3n) is 2.60. The molecule has 1 aromatic rings. The summed E-state index contributed by atoms with van der Waals surface area (Å²) in [6.07, 6.45) is 0. The Balaban J connectivity index is 1.90. The van der Waals surface area contributed by atoms with Crippen LogP contribution in [-0.2, 0) is 6.54 Å². The van der Waals surface area contributed by atoms with Gasteiger partial charge in [0.15, 0.2) is 0 Å². The molecule has 1 saturated heterocycles. The molecule has 3 heteroatoms. The van der Waals surface area contributed by atoms with Crippen LogP contribution in [0.2, 0.25) is 5.02 Å². The fourth-order valence-corrected chi connectivity index (χ4v) is 2.38. The van der Waals surface area contributed by atoms with Crippen LogP contribution in [0.25, 0.3) is 0 Å². The predicted molar refractivity (Wildman–Crippen MR) is 64.0 cm³/mol. The van der Waals surface area contributed by atoms with Gasteiger partial charge in [-0.15, -0.1) is 0 Å². The maximum atomic E-state index is 6.08. The Morgan fingerprint density at radius 1 is 1.36 bits per heavy atom. The highest BCUT2D eigenvalue weighted by Gasteiger charge is 2.25. The molecule has 1 aliphatic rings. The summed E-state index contributed by atoms with van der Waals surface area (Å²) in [5, 5.41) is 2.00. The van der Waals surface area contributed by atoms with E-state index in [0.29, 0.717) is 0 Å². The molecule has 1 aliphatic heterocycles. The van der Waals surface area contributed by atoms with E-state index in [0.717, 1.165) is 22.8 Å². The second-order valence-corrected chi connectivity index (χ2v) is 4.86. The summed E-state index contributed by atoms with van der Waals surface area (Å²) in [4.78, 5) is 2.42. The molecule has 0 amide bonds. The van der Waals surface area contributed by atoms with Crippen molar-refractivity contribution in [2.24, 2.45) is 5.92 Å². The highest BCUT2D eigenvalue weighted by Crippen LogP contribution is 2.23. The van der Waals surface area contributed by atoms with E-state index in [-0.39, 0.29) is 0 Å². The summed E-state index contributed by atoms with van der Waals surface area (Å²) < 4.78 is 0. The van der Waals surface area contributed by atoms with Gasteiger partial charge in [-0.1, -0.05) is 45.7 Å².